The SMILES string of the molecule is CC(=O)N(C)C1CCN(c2ccncc2Cl)CC1. The molecule has 1 fully saturated rings. The van der Waals surface area contributed by atoms with Gasteiger partial charge in [-0.1, -0.05) is 11.6 Å². The minimum atomic E-state index is 0.135. The molecule has 4 nitrogen and oxygen atoms in total. The zero-order chi connectivity index (χ0) is 13.1. The maximum absolute atomic E-state index is 11.3. The Morgan fingerprint density at radius 2 is 2.17 bits per heavy atom. The van der Waals surface area contributed by atoms with E-state index in [1.54, 1.807) is 19.3 Å². The van der Waals surface area contributed by atoms with E-state index in [9.17, 15) is 4.79 Å². The summed E-state index contributed by atoms with van der Waals surface area (Å²) >= 11 is 6.14. The van der Waals surface area contributed by atoms with Crippen molar-refractivity contribution in [2.24, 2.45) is 0 Å². The van der Waals surface area contributed by atoms with Crippen LogP contribution in [0.25, 0.3) is 0 Å². The van der Waals surface area contributed by atoms with E-state index < -0.39 is 0 Å². The van der Waals surface area contributed by atoms with Crippen LogP contribution in [0.1, 0.15) is 19.8 Å². The molecule has 1 aliphatic rings. The van der Waals surface area contributed by atoms with E-state index in [0.29, 0.717) is 11.1 Å². The van der Waals surface area contributed by atoms with Gasteiger partial charge in [0.25, 0.3) is 0 Å². The fourth-order valence-electron chi connectivity index (χ4n) is 2.38. The van der Waals surface area contributed by atoms with Crippen LogP contribution >= 0.6 is 11.6 Å². The average molecular weight is 268 g/mol. The lowest BCUT2D eigenvalue weighted by atomic mass is 10.0. The van der Waals surface area contributed by atoms with Crippen molar-refractivity contribution in [1.82, 2.24) is 9.88 Å². The summed E-state index contributed by atoms with van der Waals surface area (Å²) in [4.78, 5) is 19.4. The lowest BCUT2D eigenvalue weighted by molar-refractivity contribution is -0.129. The average Bonchev–Trinajstić information content (AvgIpc) is 2.38. The van der Waals surface area contributed by atoms with Gasteiger partial charge < -0.3 is 9.80 Å². The summed E-state index contributed by atoms with van der Waals surface area (Å²) in [7, 11) is 1.88. The third-order valence-corrected chi connectivity index (χ3v) is 3.89. The smallest absolute Gasteiger partial charge is 0.219 e. The molecule has 2 heterocycles. The van der Waals surface area contributed by atoms with Crippen LogP contribution in [0.5, 0.6) is 0 Å². The highest BCUT2D eigenvalue weighted by molar-refractivity contribution is 6.33. The highest BCUT2D eigenvalue weighted by atomic mass is 35.5. The third-order valence-electron chi connectivity index (χ3n) is 3.60. The van der Waals surface area contributed by atoms with Gasteiger partial charge in [-0.05, 0) is 18.9 Å². The van der Waals surface area contributed by atoms with Gasteiger partial charge in [-0.25, -0.2) is 0 Å². The molecule has 0 atom stereocenters. The van der Waals surface area contributed by atoms with Gasteiger partial charge in [-0.3, -0.25) is 9.78 Å². The van der Waals surface area contributed by atoms with Crippen molar-refractivity contribution in [1.29, 1.82) is 0 Å². The van der Waals surface area contributed by atoms with Gasteiger partial charge in [0.05, 0.1) is 10.7 Å². The summed E-state index contributed by atoms with van der Waals surface area (Å²) in [5, 5.41) is 0.691. The molecule has 1 aliphatic heterocycles. The first-order valence-corrected chi connectivity index (χ1v) is 6.55. The van der Waals surface area contributed by atoms with Crippen LogP contribution in [0.15, 0.2) is 18.5 Å². The van der Waals surface area contributed by atoms with Gasteiger partial charge in [0, 0.05) is 45.5 Å². The van der Waals surface area contributed by atoms with E-state index >= 15 is 0 Å². The minimum absolute atomic E-state index is 0.135. The molecule has 18 heavy (non-hydrogen) atoms. The Morgan fingerprint density at radius 3 is 2.72 bits per heavy atom. The number of piperidine rings is 1. The van der Waals surface area contributed by atoms with Crippen molar-refractivity contribution in [3.05, 3.63) is 23.5 Å². The van der Waals surface area contributed by atoms with Gasteiger partial charge in [0.2, 0.25) is 5.91 Å². The number of nitrogens with zero attached hydrogens (tertiary/aromatic N) is 3. The topological polar surface area (TPSA) is 36.4 Å². The molecule has 1 amide bonds. The standard InChI is InChI=1S/C13H18ClN3O/c1-10(18)16(2)11-4-7-17(8-5-11)13-3-6-15-9-12(13)14/h3,6,9,11H,4-5,7-8H2,1-2H3. The lowest BCUT2D eigenvalue weighted by Gasteiger charge is -2.37. The molecule has 1 aromatic rings. The van der Waals surface area contributed by atoms with E-state index in [-0.39, 0.29) is 5.91 Å². The molecule has 0 aliphatic carbocycles. The molecule has 0 spiro atoms. The fraction of sp³-hybridized carbons (Fsp3) is 0.538. The van der Waals surface area contributed by atoms with Crippen molar-refractivity contribution < 1.29 is 4.79 Å². The molecule has 1 aromatic heterocycles. The van der Waals surface area contributed by atoms with Crippen molar-refractivity contribution in [3.8, 4) is 0 Å². The summed E-state index contributed by atoms with van der Waals surface area (Å²) < 4.78 is 0. The monoisotopic (exact) mass is 267 g/mol. The van der Waals surface area contributed by atoms with Crippen LogP contribution < -0.4 is 4.90 Å². The van der Waals surface area contributed by atoms with E-state index in [0.717, 1.165) is 31.6 Å². The van der Waals surface area contributed by atoms with Gasteiger partial charge >= 0.3 is 0 Å². The van der Waals surface area contributed by atoms with Gasteiger partial charge in [-0.2, -0.15) is 0 Å². The van der Waals surface area contributed by atoms with Crippen molar-refractivity contribution in [2.75, 3.05) is 25.0 Å². The first-order valence-electron chi connectivity index (χ1n) is 6.17. The number of pyridine rings is 1. The molecule has 1 saturated heterocycles. The lowest BCUT2D eigenvalue weighted by Crippen LogP contribution is -2.45. The number of carbonyl (C=O) groups excluding carboxylic acids is 1. The molecule has 2 rings (SSSR count). The van der Waals surface area contributed by atoms with E-state index in [1.165, 1.54) is 0 Å². The zero-order valence-electron chi connectivity index (χ0n) is 10.8. The van der Waals surface area contributed by atoms with Gasteiger partial charge in [0.1, 0.15) is 0 Å². The Balaban J connectivity index is 1.99. The van der Waals surface area contributed by atoms with Crippen LogP contribution in [-0.4, -0.2) is 42.0 Å². The van der Waals surface area contributed by atoms with Crippen molar-refractivity contribution in [2.45, 2.75) is 25.8 Å². The predicted molar refractivity (Wildman–Crippen MR) is 72.9 cm³/mol. The maximum Gasteiger partial charge on any atom is 0.219 e. The van der Waals surface area contributed by atoms with Crippen molar-refractivity contribution >= 4 is 23.2 Å². The summed E-state index contributed by atoms with van der Waals surface area (Å²) in [6.07, 6.45) is 5.39. The summed E-state index contributed by atoms with van der Waals surface area (Å²) in [6, 6.07) is 2.29. The number of amides is 1. The summed E-state index contributed by atoms with van der Waals surface area (Å²) in [5.41, 5.74) is 1.04. The van der Waals surface area contributed by atoms with Gasteiger partial charge in [0.15, 0.2) is 0 Å². The molecular formula is C13H18ClN3O. The molecular weight excluding hydrogens is 250 g/mol. The predicted octanol–water partition coefficient (Wildman–Crippen LogP) is 2.18. The number of halogens is 1. The van der Waals surface area contributed by atoms with Crippen LogP contribution in [-0.2, 0) is 4.79 Å². The van der Waals surface area contributed by atoms with Gasteiger partial charge in [-0.15, -0.1) is 0 Å². The number of anilines is 1. The van der Waals surface area contributed by atoms with Crippen LogP contribution in [0.2, 0.25) is 5.02 Å². The summed E-state index contributed by atoms with van der Waals surface area (Å²) in [6.45, 7) is 3.46. The maximum atomic E-state index is 11.3. The number of hydrogen-bond donors (Lipinski definition) is 0. The Hall–Kier alpha value is -1.29. The first kappa shape index (κ1) is 13.1. The number of rotatable bonds is 2. The Labute approximate surface area is 113 Å². The molecule has 98 valence electrons. The number of carbonyl (C=O) groups is 1. The third kappa shape index (κ3) is 2.75. The molecule has 0 aromatic carbocycles. The Morgan fingerprint density at radius 1 is 1.50 bits per heavy atom. The highest BCUT2D eigenvalue weighted by Crippen LogP contribution is 2.27. The minimum Gasteiger partial charge on any atom is -0.370 e. The summed E-state index contributed by atoms with van der Waals surface area (Å²) in [5.74, 6) is 0.135. The first-order chi connectivity index (χ1) is 8.59. The highest BCUT2D eigenvalue weighted by Gasteiger charge is 2.24. The molecule has 0 unspecified atom stereocenters. The number of aromatic nitrogens is 1. The quantitative estimate of drug-likeness (QED) is 0.824. The molecule has 5 heteroatoms. The van der Waals surface area contributed by atoms with E-state index in [4.69, 9.17) is 11.6 Å². The van der Waals surface area contributed by atoms with E-state index in [1.807, 2.05) is 18.0 Å². The van der Waals surface area contributed by atoms with E-state index in [2.05, 4.69) is 9.88 Å². The Kier molecular flexibility index (Phi) is 4.07. The zero-order valence-corrected chi connectivity index (χ0v) is 11.5. The van der Waals surface area contributed by atoms with Crippen LogP contribution in [0.3, 0.4) is 0 Å². The second-order valence-corrected chi connectivity index (χ2v) is 5.08. The van der Waals surface area contributed by atoms with Crippen molar-refractivity contribution in [3.63, 3.8) is 0 Å². The second-order valence-electron chi connectivity index (χ2n) is 4.68. The molecule has 0 saturated carbocycles. The Bertz CT molecular complexity index is 430. The molecule has 0 N–H and O–H groups in total. The molecule has 0 bridgehead atoms. The normalized spacial score (nSPS) is 16.7. The largest absolute Gasteiger partial charge is 0.370 e. The fourth-order valence-corrected chi connectivity index (χ4v) is 2.61. The van der Waals surface area contributed by atoms with Crippen LogP contribution in [0.4, 0.5) is 5.69 Å². The second kappa shape index (κ2) is 5.57. The number of hydrogen-bond acceptors (Lipinski definition) is 3. The van der Waals surface area contributed by atoms with Crippen LogP contribution in [0, 0.1) is 0 Å². The molecule has 0 radical (unpaired) electrons.